The molecule has 1 aliphatic carbocycles. The summed E-state index contributed by atoms with van der Waals surface area (Å²) in [5.74, 6) is 0.780. The first-order valence-electron chi connectivity index (χ1n) is 10.00. The van der Waals surface area contributed by atoms with Gasteiger partial charge in [-0.2, -0.15) is 0 Å². The van der Waals surface area contributed by atoms with Crippen LogP contribution < -0.4 is 14.2 Å². The molecule has 0 spiro atoms. The zero-order valence-corrected chi connectivity index (χ0v) is 16.9. The summed E-state index contributed by atoms with van der Waals surface area (Å²) in [6.45, 7) is 8.16. The lowest BCUT2D eigenvalue weighted by atomic mass is 10.00. The summed E-state index contributed by atoms with van der Waals surface area (Å²) in [5, 5.41) is 9.76. The molecule has 1 atom stereocenters. The van der Waals surface area contributed by atoms with Crippen molar-refractivity contribution in [1.29, 1.82) is 0 Å². The molecule has 29 heavy (non-hydrogen) atoms. The Labute approximate surface area is 170 Å². The number of para-hydroxylation sites is 1. The second-order valence-corrected chi connectivity index (χ2v) is 7.22. The first-order chi connectivity index (χ1) is 14.0. The summed E-state index contributed by atoms with van der Waals surface area (Å²) in [7, 11) is 0. The summed E-state index contributed by atoms with van der Waals surface area (Å²) < 4.78 is 8.28. The van der Waals surface area contributed by atoms with Crippen molar-refractivity contribution in [3.63, 3.8) is 0 Å². The number of nitrogens with zero attached hydrogens (tertiary/aromatic N) is 2. The smallest absolute Gasteiger partial charge is 0.342 e. The molecule has 2 aromatic carbocycles. The Kier molecular flexibility index (Phi) is 4.97. The summed E-state index contributed by atoms with van der Waals surface area (Å²) in [5.41, 5.74) is 3.65. The Morgan fingerprint density at radius 1 is 1.14 bits per heavy atom. The number of carboxylic acid groups (broad SMARTS) is 1. The van der Waals surface area contributed by atoms with Crippen LogP contribution >= 0.6 is 0 Å². The van der Waals surface area contributed by atoms with E-state index in [-0.39, 0.29) is 11.5 Å². The quantitative estimate of drug-likeness (QED) is 0.732. The fourth-order valence-corrected chi connectivity index (χ4v) is 3.89. The molecule has 1 unspecified atom stereocenters. The molecule has 0 saturated carbocycles. The third-order valence-corrected chi connectivity index (χ3v) is 5.37. The minimum Gasteiger partial charge on any atom is -0.477 e. The second-order valence-electron chi connectivity index (χ2n) is 7.22. The molecular formula is C24H25N2O3+. The highest BCUT2D eigenvalue weighted by molar-refractivity contribution is 6.13. The van der Waals surface area contributed by atoms with Gasteiger partial charge in [-0.3, -0.25) is 0 Å². The number of fused-ring (bicyclic) bond motifs is 2. The summed E-state index contributed by atoms with van der Waals surface area (Å²) in [6.07, 6.45) is 6.17. The van der Waals surface area contributed by atoms with E-state index in [0.29, 0.717) is 5.69 Å². The molecule has 0 bridgehead atoms. The van der Waals surface area contributed by atoms with Gasteiger partial charge in [0.2, 0.25) is 11.4 Å². The van der Waals surface area contributed by atoms with Crippen LogP contribution in [0.25, 0.3) is 0 Å². The molecule has 1 N–H and O–H groups in total. The molecule has 0 saturated heterocycles. The molecule has 4 rings (SSSR count). The van der Waals surface area contributed by atoms with Crippen LogP contribution in [-0.2, 0) is 0 Å². The number of benzene rings is 2. The SMILES string of the molecule is CCN(CC)c1ccc2c(c1)OC1=CC(C)C=CC1=[N+]2c1ccccc1C(=O)O. The minimum absolute atomic E-state index is 0.248. The summed E-state index contributed by atoms with van der Waals surface area (Å²) >= 11 is 0. The van der Waals surface area contributed by atoms with E-state index >= 15 is 0 Å². The molecule has 0 radical (unpaired) electrons. The van der Waals surface area contributed by atoms with Gasteiger partial charge in [0.25, 0.3) is 11.4 Å². The number of hydrogen-bond acceptors (Lipinski definition) is 3. The Balaban J connectivity index is 1.97. The summed E-state index contributed by atoms with van der Waals surface area (Å²) in [4.78, 5) is 14.2. The van der Waals surface area contributed by atoms with Crippen LogP contribution in [0.15, 0.2) is 66.5 Å². The number of carboxylic acids is 1. The Bertz CT molecular complexity index is 1060. The van der Waals surface area contributed by atoms with Crippen LogP contribution in [0.1, 0.15) is 31.1 Å². The van der Waals surface area contributed by atoms with Crippen molar-refractivity contribution < 1.29 is 14.6 Å². The molecular weight excluding hydrogens is 364 g/mol. The molecule has 5 nitrogen and oxygen atoms in total. The van der Waals surface area contributed by atoms with Gasteiger partial charge >= 0.3 is 5.97 Å². The Morgan fingerprint density at radius 2 is 1.90 bits per heavy atom. The third kappa shape index (κ3) is 3.33. The van der Waals surface area contributed by atoms with Crippen molar-refractivity contribution >= 4 is 28.7 Å². The maximum atomic E-state index is 11.9. The maximum absolute atomic E-state index is 11.9. The van der Waals surface area contributed by atoms with Crippen molar-refractivity contribution in [1.82, 2.24) is 4.58 Å². The van der Waals surface area contributed by atoms with Crippen molar-refractivity contribution in [2.45, 2.75) is 20.8 Å². The van der Waals surface area contributed by atoms with E-state index in [1.54, 1.807) is 12.1 Å². The molecule has 2 aliphatic rings. The van der Waals surface area contributed by atoms with E-state index in [1.165, 1.54) is 0 Å². The number of carbonyl (C=O) groups is 1. The van der Waals surface area contributed by atoms with Gasteiger partial charge in [0.1, 0.15) is 5.56 Å². The fraction of sp³-hybridized carbons (Fsp3) is 0.250. The van der Waals surface area contributed by atoms with Gasteiger partial charge in [-0.25, -0.2) is 4.79 Å². The minimum atomic E-state index is -0.951. The Morgan fingerprint density at radius 3 is 2.62 bits per heavy atom. The van der Waals surface area contributed by atoms with Crippen molar-refractivity contribution in [3.05, 3.63) is 72.0 Å². The predicted molar refractivity (Wildman–Crippen MR) is 117 cm³/mol. The van der Waals surface area contributed by atoms with Gasteiger partial charge in [-0.1, -0.05) is 25.1 Å². The normalized spacial score (nSPS) is 17.2. The largest absolute Gasteiger partial charge is 0.477 e. The van der Waals surface area contributed by atoms with Gasteiger partial charge in [0.15, 0.2) is 5.76 Å². The molecule has 0 fully saturated rings. The van der Waals surface area contributed by atoms with E-state index in [4.69, 9.17) is 4.74 Å². The number of hydrogen-bond donors (Lipinski definition) is 1. The number of aromatic carboxylic acids is 1. The van der Waals surface area contributed by atoms with Gasteiger partial charge in [-0.05, 0) is 38.0 Å². The lowest BCUT2D eigenvalue weighted by Crippen LogP contribution is -2.29. The van der Waals surface area contributed by atoms with Gasteiger partial charge in [-0.15, -0.1) is 4.58 Å². The topological polar surface area (TPSA) is 52.8 Å². The average Bonchev–Trinajstić information content (AvgIpc) is 2.72. The second kappa shape index (κ2) is 7.59. The van der Waals surface area contributed by atoms with Crippen LogP contribution in [0.2, 0.25) is 0 Å². The molecule has 0 aromatic heterocycles. The van der Waals surface area contributed by atoms with E-state index in [1.807, 2.05) is 34.9 Å². The van der Waals surface area contributed by atoms with Gasteiger partial charge in [0.05, 0.1) is 0 Å². The highest BCUT2D eigenvalue weighted by Crippen LogP contribution is 2.41. The van der Waals surface area contributed by atoms with Crippen molar-refractivity contribution in [2.75, 3.05) is 18.0 Å². The van der Waals surface area contributed by atoms with Crippen LogP contribution in [-0.4, -0.2) is 29.9 Å². The average molecular weight is 389 g/mol. The summed E-state index contributed by atoms with van der Waals surface area (Å²) in [6, 6.07) is 13.2. The third-order valence-electron chi connectivity index (χ3n) is 5.37. The number of anilines is 1. The van der Waals surface area contributed by atoms with Crippen molar-refractivity contribution in [3.8, 4) is 5.75 Å². The first kappa shape index (κ1) is 19.0. The fourth-order valence-electron chi connectivity index (χ4n) is 3.89. The zero-order chi connectivity index (χ0) is 20.5. The van der Waals surface area contributed by atoms with E-state index in [2.05, 4.69) is 43.9 Å². The predicted octanol–water partition coefficient (Wildman–Crippen LogP) is 4.99. The molecule has 148 valence electrons. The van der Waals surface area contributed by atoms with Crippen LogP contribution in [0, 0.1) is 5.92 Å². The van der Waals surface area contributed by atoms with Gasteiger partial charge < -0.3 is 14.7 Å². The highest BCUT2D eigenvalue weighted by Gasteiger charge is 2.36. The first-order valence-corrected chi connectivity index (χ1v) is 10.00. The molecule has 2 aromatic rings. The molecule has 0 amide bonds. The number of allylic oxidation sites excluding steroid dienone is 3. The molecule has 1 aliphatic heterocycles. The standard InChI is InChI=1S/C24H24N2O3/c1-4-25(5-2)17-11-13-21-23(15-17)29-22-14-16(3)10-12-20(22)26(21)19-9-7-6-8-18(19)24(27)28/h6-16H,4-5H2,1-3H3/p+1. The molecule has 1 heterocycles. The molecule has 5 heteroatoms. The van der Waals surface area contributed by atoms with Gasteiger partial charge in [0, 0.05) is 43.1 Å². The van der Waals surface area contributed by atoms with E-state index in [0.717, 1.165) is 41.7 Å². The van der Waals surface area contributed by atoms with Crippen LogP contribution in [0.5, 0.6) is 5.75 Å². The van der Waals surface area contributed by atoms with E-state index < -0.39 is 5.97 Å². The van der Waals surface area contributed by atoms with Crippen LogP contribution in [0.4, 0.5) is 17.1 Å². The highest BCUT2D eigenvalue weighted by atomic mass is 16.5. The lowest BCUT2D eigenvalue weighted by Gasteiger charge is -2.25. The Hall–Kier alpha value is -3.34. The van der Waals surface area contributed by atoms with Crippen LogP contribution in [0.3, 0.4) is 0 Å². The number of rotatable bonds is 5. The lowest BCUT2D eigenvalue weighted by molar-refractivity contribution is 0.0697. The number of ether oxygens (including phenoxy) is 1. The monoisotopic (exact) mass is 389 g/mol. The zero-order valence-electron chi connectivity index (χ0n) is 16.9. The maximum Gasteiger partial charge on any atom is 0.342 e. The van der Waals surface area contributed by atoms with E-state index in [9.17, 15) is 9.90 Å². The van der Waals surface area contributed by atoms with Crippen molar-refractivity contribution in [2.24, 2.45) is 5.92 Å².